The Balaban J connectivity index is 0.949. The highest BCUT2D eigenvalue weighted by atomic mass is 32.1. The lowest BCUT2D eigenvalue weighted by molar-refractivity contribution is -0.141. The van der Waals surface area contributed by atoms with Crippen LogP contribution in [0.4, 0.5) is 0 Å². The van der Waals surface area contributed by atoms with Crippen LogP contribution in [-0.4, -0.2) is 143 Å². The molecule has 2 unspecified atom stereocenters. The van der Waals surface area contributed by atoms with Crippen LogP contribution in [0.2, 0.25) is 0 Å². The molecule has 18 nitrogen and oxygen atoms in total. The van der Waals surface area contributed by atoms with Crippen LogP contribution in [0, 0.1) is 34.5 Å². The topological polar surface area (TPSA) is 241 Å². The summed E-state index contributed by atoms with van der Waals surface area (Å²) in [5, 5.41) is 22.4. The maximum atomic E-state index is 14.8. The van der Waals surface area contributed by atoms with Crippen LogP contribution < -0.4 is 31.9 Å². The Morgan fingerprint density at radius 1 is 0.641 bits per heavy atom. The van der Waals surface area contributed by atoms with Gasteiger partial charge in [0.1, 0.15) is 11.0 Å². The van der Waals surface area contributed by atoms with Crippen molar-refractivity contribution in [1.29, 1.82) is 0 Å². The molecule has 4 aromatic rings. The fourth-order valence-electron chi connectivity index (χ4n) is 12.2. The number of carbonyl (C=O) groups excluding carboxylic acids is 8. The quantitative estimate of drug-likeness (QED) is 0.0728. The summed E-state index contributed by atoms with van der Waals surface area (Å²) < 4.78 is 0. The molecule has 78 heavy (non-hydrogen) atoms. The second-order valence-corrected chi connectivity index (χ2v) is 25.4. The Morgan fingerprint density at radius 2 is 1.15 bits per heavy atom. The molecule has 2 aliphatic carbocycles. The zero-order valence-electron chi connectivity index (χ0n) is 46.4. The lowest BCUT2D eigenvalue weighted by Gasteiger charge is -2.37. The highest BCUT2D eigenvalue weighted by Gasteiger charge is 2.58. The van der Waals surface area contributed by atoms with E-state index in [4.69, 9.17) is 9.97 Å². The number of hydrogen-bond acceptors (Lipinski definition) is 14. The van der Waals surface area contributed by atoms with Crippen molar-refractivity contribution in [2.45, 2.75) is 129 Å². The number of benzene rings is 2. The molecule has 4 fully saturated rings. The first-order chi connectivity index (χ1) is 37.0. The third-order valence-corrected chi connectivity index (χ3v) is 18.6. The summed E-state index contributed by atoms with van der Waals surface area (Å²) in [6.45, 7) is 14.5. The van der Waals surface area contributed by atoms with Crippen molar-refractivity contribution in [2.75, 3.05) is 40.3 Å². The lowest BCUT2D eigenvalue weighted by atomic mass is 9.74. The second kappa shape index (κ2) is 24.0. The summed E-state index contributed by atoms with van der Waals surface area (Å²) in [7, 11) is 3.37. The Labute approximate surface area is 465 Å². The van der Waals surface area contributed by atoms with Gasteiger partial charge < -0.3 is 41.7 Å². The number of fused-ring (bicyclic) bond motifs is 2. The summed E-state index contributed by atoms with van der Waals surface area (Å²) in [6, 6.07) is 15.9. The average molecular weight is 1110 g/mol. The van der Waals surface area contributed by atoms with Crippen molar-refractivity contribution < 1.29 is 38.4 Å². The molecule has 0 spiro atoms. The van der Waals surface area contributed by atoms with Crippen molar-refractivity contribution in [2.24, 2.45) is 34.5 Å². The van der Waals surface area contributed by atoms with Crippen LogP contribution in [0.1, 0.15) is 103 Å². The number of likely N-dealkylation sites (tertiary alicyclic amines) is 2. The molecule has 6 N–H and O–H groups in total. The third kappa shape index (κ3) is 12.3. The molecule has 4 aliphatic rings. The third-order valence-electron chi connectivity index (χ3n) is 16.6. The number of likely N-dealkylation sites (N-methyl/N-ethyl adjacent to an activating group) is 2. The lowest BCUT2D eigenvalue weighted by Crippen LogP contribution is -2.59. The second-order valence-electron chi connectivity index (χ2n) is 23.6. The fraction of sp³-hybridized carbons (Fsp3) is 0.552. The largest absolute Gasteiger partial charge is 0.344 e. The molecule has 2 aromatic heterocycles. The predicted octanol–water partition coefficient (Wildman–Crippen LogP) is 4.92. The maximum absolute atomic E-state index is 14.8. The fourth-order valence-corrected chi connectivity index (χ4v) is 14.1. The van der Waals surface area contributed by atoms with E-state index in [1.54, 1.807) is 37.7 Å². The highest BCUT2D eigenvalue weighted by Crippen LogP contribution is 2.59. The van der Waals surface area contributed by atoms with Gasteiger partial charge in [-0.1, -0.05) is 102 Å². The molecule has 8 rings (SSSR count). The number of nitrogens with zero attached hydrogens (tertiary/aromatic N) is 4. The van der Waals surface area contributed by atoms with Crippen molar-refractivity contribution in [3.63, 3.8) is 0 Å². The molecule has 6 amide bonds. The zero-order valence-corrected chi connectivity index (χ0v) is 48.0. The molecule has 2 saturated carbocycles. The summed E-state index contributed by atoms with van der Waals surface area (Å²) >= 11 is 2.95. The van der Waals surface area contributed by atoms with Crippen molar-refractivity contribution in [3.8, 4) is 22.5 Å². The van der Waals surface area contributed by atoms with Gasteiger partial charge in [-0.15, -0.1) is 22.7 Å². The van der Waals surface area contributed by atoms with E-state index in [1.807, 2.05) is 113 Å². The molecule has 4 heterocycles. The number of Topliss-reactive ketones (excluding diaryl/α,β-unsaturated/α-hetero) is 2. The summed E-state index contributed by atoms with van der Waals surface area (Å²) in [6.07, 6.45) is 1.96. The van der Waals surface area contributed by atoms with Gasteiger partial charge in [-0.05, 0) is 76.3 Å². The van der Waals surface area contributed by atoms with E-state index < -0.39 is 89.7 Å². The van der Waals surface area contributed by atoms with Gasteiger partial charge in [0, 0.05) is 52.7 Å². The van der Waals surface area contributed by atoms with Crippen molar-refractivity contribution >= 4 is 69.7 Å². The zero-order chi connectivity index (χ0) is 56.4. The molecule has 12 atom stereocenters. The van der Waals surface area contributed by atoms with Gasteiger partial charge in [-0.3, -0.25) is 38.4 Å². The van der Waals surface area contributed by atoms with Crippen LogP contribution in [0.15, 0.2) is 71.4 Å². The smallest absolute Gasteiger partial charge is 0.309 e. The van der Waals surface area contributed by atoms with Crippen LogP contribution in [0.25, 0.3) is 22.5 Å². The first-order valence-corrected chi connectivity index (χ1v) is 29.0. The molecular formula is C58H76N10O8S2. The summed E-state index contributed by atoms with van der Waals surface area (Å²) in [5.41, 5.74) is 2.18. The molecule has 2 aromatic carbocycles. The summed E-state index contributed by atoms with van der Waals surface area (Å²) in [4.78, 5) is 125. The average Bonchev–Trinajstić information content (AvgIpc) is 4.50. The van der Waals surface area contributed by atoms with Gasteiger partial charge in [-0.2, -0.15) is 0 Å². The van der Waals surface area contributed by atoms with Crippen molar-refractivity contribution in [3.05, 3.63) is 81.4 Å². The first kappa shape index (κ1) is 57.9. The van der Waals surface area contributed by atoms with Gasteiger partial charge in [-0.25, -0.2) is 9.97 Å². The predicted molar refractivity (Wildman–Crippen MR) is 300 cm³/mol. The Bertz CT molecular complexity index is 2670. The van der Waals surface area contributed by atoms with Gasteiger partial charge in [0.25, 0.3) is 0 Å². The van der Waals surface area contributed by atoms with Crippen molar-refractivity contribution in [1.82, 2.24) is 51.7 Å². The van der Waals surface area contributed by atoms with Gasteiger partial charge >= 0.3 is 11.8 Å². The minimum absolute atomic E-state index is 0.0714. The van der Waals surface area contributed by atoms with E-state index in [-0.39, 0.29) is 59.5 Å². The van der Waals surface area contributed by atoms with E-state index in [0.717, 1.165) is 32.5 Å². The molecule has 2 saturated heterocycles. The molecule has 0 radical (unpaired) electrons. The number of nitrogens with one attached hydrogen (secondary N) is 6. The molecule has 418 valence electrons. The number of carbonyl (C=O) groups is 8. The molecule has 2 aliphatic heterocycles. The highest BCUT2D eigenvalue weighted by molar-refractivity contribution is 7.10. The number of aromatic nitrogens is 2. The molecule has 20 heteroatoms. The first-order valence-electron chi connectivity index (χ1n) is 27.2. The number of ketones is 2. The monoisotopic (exact) mass is 1100 g/mol. The van der Waals surface area contributed by atoms with Gasteiger partial charge in [0.2, 0.25) is 23.6 Å². The Hall–Kier alpha value is -6.22. The standard InChI is InChI=1S/C58H76N10O8S2/c1-31(59-9)50(72)65-48(57(3,4)5)47(71)36-22-21-35-37(25-38(45(35)36)54-63-40(29-77-54)33-17-13-11-14-18-33)43(69)26-61-52(74)53(75)62-27-44(70)68-28-39(55-64-41(30-78-55)34-19-15-12-16-20-34)46-42(68)23-24-67(46)56(76)49(58(6,7)8)66-51(73)32(2)60-10/h11-20,29-32,35-39,42,45-46,48-49,59-60H,21-28H2,1-10H3,(H,61,74)(H,62,75)(H,65,72)(H,66,73)/t31-,32-,35-,36?,37?,38-,39-,42+,45+,46+,48+,49+/m0/s1. The van der Waals surface area contributed by atoms with E-state index in [1.165, 1.54) is 22.7 Å². The van der Waals surface area contributed by atoms with Gasteiger partial charge in [0.15, 0.2) is 11.6 Å². The number of hydrogen-bond donors (Lipinski definition) is 6. The summed E-state index contributed by atoms with van der Waals surface area (Å²) in [5.74, 6) is -5.87. The van der Waals surface area contributed by atoms with Crippen LogP contribution in [0.3, 0.4) is 0 Å². The molecule has 0 bridgehead atoms. The molecular weight excluding hydrogens is 1030 g/mol. The van der Waals surface area contributed by atoms with E-state index >= 15 is 0 Å². The maximum Gasteiger partial charge on any atom is 0.309 e. The van der Waals surface area contributed by atoms with Crippen LogP contribution >= 0.6 is 22.7 Å². The number of thiazole rings is 2. The van der Waals surface area contributed by atoms with E-state index in [0.29, 0.717) is 32.2 Å². The Morgan fingerprint density at radius 3 is 1.68 bits per heavy atom. The minimum Gasteiger partial charge on any atom is -0.344 e. The van der Waals surface area contributed by atoms with E-state index in [2.05, 4.69) is 31.9 Å². The Kier molecular flexibility index (Phi) is 17.8. The van der Waals surface area contributed by atoms with Crippen LogP contribution in [0.5, 0.6) is 0 Å². The SMILES string of the molecule is CN[C@@H](C)C(=O)N[C@H](C(=O)C1CC[C@H]2C(C(=O)CNC(=O)C(=O)NCC(=O)N3C[C@H](c4nc(-c5ccccc5)cs4)[C@@H]4[C@H]3CCN4C(=O)[C@@H](NC(=O)[C@H](C)NC)C(C)(C)C)C[C@H](c3nc(-c4ccccc4)cs3)[C@@H]12)C(C)(C)C. The number of rotatable bonds is 18. The minimum atomic E-state index is -1.08. The van der Waals surface area contributed by atoms with E-state index in [9.17, 15) is 38.4 Å². The van der Waals surface area contributed by atoms with Crippen LogP contribution in [-0.2, 0) is 38.4 Å². The number of amides is 6. The van der Waals surface area contributed by atoms with Gasteiger partial charge in [0.05, 0.1) is 65.6 Å². The normalized spacial score (nSPS) is 24.3.